The van der Waals surface area contributed by atoms with E-state index in [4.69, 9.17) is 4.52 Å². The topological polar surface area (TPSA) is 104 Å². The quantitative estimate of drug-likeness (QED) is 0.623. The number of carbonyl (C=O) groups is 2. The summed E-state index contributed by atoms with van der Waals surface area (Å²) in [5.74, 6) is 0.0281. The van der Waals surface area contributed by atoms with Gasteiger partial charge < -0.3 is 9.84 Å². The van der Waals surface area contributed by atoms with E-state index in [0.29, 0.717) is 36.4 Å². The molecule has 1 aliphatic heterocycles. The third-order valence-corrected chi connectivity index (χ3v) is 5.12. The second-order valence-electron chi connectivity index (χ2n) is 7.04. The number of imide groups is 1. The van der Waals surface area contributed by atoms with Gasteiger partial charge in [0.2, 0.25) is 0 Å². The highest BCUT2D eigenvalue weighted by molar-refractivity contribution is 6.21. The molecule has 2 N–H and O–H groups in total. The number of nitrogens with one attached hydrogen (secondary N) is 2. The molecule has 1 saturated heterocycles. The van der Waals surface area contributed by atoms with Gasteiger partial charge in [-0.05, 0) is 44.4 Å². The van der Waals surface area contributed by atoms with Crippen LogP contribution in [0.4, 0.5) is 14.9 Å². The van der Waals surface area contributed by atoms with Crippen LogP contribution in [-0.2, 0) is 17.6 Å². The zero-order chi connectivity index (χ0) is 20.5. The molecular weight excluding hydrogens is 377 g/mol. The van der Waals surface area contributed by atoms with E-state index in [0.717, 1.165) is 21.7 Å². The molecule has 3 aromatic rings. The molecule has 0 bridgehead atoms. The highest BCUT2D eigenvalue weighted by atomic mass is 19.1. The Hall–Kier alpha value is -3.49. The van der Waals surface area contributed by atoms with Crippen molar-refractivity contribution in [2.75, 3.05) is 4.90 Å². The summed E-state index contributed by atoms with van der Waals surface area (Å²) >= 11 is 0. The Balaban J connectivity index is 1.49. The van der Waals surface area contributed by atoms with E-state index in [9.17, 15) is 14.0 Å². The van der Waals surface area contributed by atoms with Gasteiger partial charge in [-0.3, -0.25) is 9.89 Å². The van der Waals surface area contributed by atoms with Crippen LogP contribution in [0.2, 0.25) is 0 Å². The number of amides is 3. The highest BCUT2D eigenvalue weighted by Crippen LogP contribution is 2.27. The summed E-state index contributed by atoms with van der Waals surface area (Å²) in [7, 11) is 0. The number of carbonyl (C=O) groups excluding carboxylic acids is 2. The number of hydrogen-bond acceptors (Lipinski definition) is 5. The van der Waals surface area contributed by atoms with Crippen molar-refractivity contribution in [2.45, 2.75) is 39.2 Å². The van der Waals surface area contributed by atoms with Gasteiger partial charge in [0.1, 0.15) is 17.6 Å². The first-order chi connectivity index (χ1) is 13.9. The molecular formula is C20H20FN5O3. The summed E-state index contributed by atoms with van der Waals surface area (Å²) in [5.41, 5.74) is 3.48. The minimum Gasteiger partial charge on any atom is -0.361 e. The molecule has 2 aromatic heterocycles. The Morgan fingerprint density at radius 3 is 2.66 bits per heavy atom. The number of halogens is 1. The summed E-state index contributed by atoms with van der Waals surface area (Å²) < 4.78 is 18.2. The number of H-pyrrole nitrogens is 1. The van der Waals surface area contributed by atoms with E-state index in [-0.39, 0.29) is 11.7 Å². The Bertz CT molecular complexity index is 1040. The number of urea groups is 1. The van der Waals surface area contributed by atoms with Crippen molar-refractivity contribution in [2.24, 2.45) is 0 Å². The largest absolute Gasteiger partial charge is 0.361 e. The molecule has 4 rings (SSSR count). The molecule has 0 saturated carbocycles. The summed E-state index contributed by atoms with van der Waals surface area (Å²) in [6.45, 7) is 3.64. The van der Waals surface area contributed by atoms with Gasteiger partial charge in [0.15, 0.2) is 0 Å². The van der Waals surface area contributed by atoms with Gasteiger partial charge in [0.05, 0.1) is 17.1 Å². The van der Waals surface area contributed by atoms with E-state index < -0.39 is 12.1 Å². The Kier molecular flexibility index (Phi) is 4.87. The Labute approximate surface area is 166 Å². The zero-order valence-electron chi connectivity index (χ0n) is 16.0. The normalized spacial score (nSPS) is 16.5. The van der Waals surface area contributed by atoms with E-state index in [1.165, 1.54) is 18.3 Å². The SMILES string of the molecule is Cc1noc(C)c1Cc1n[nH]cc1N1C(=O)NC(CCc2ccc(F)cc2)C1=O. The zero-order valence-corrected chi connectivity index (χ0v) is 16.0. The fourth-order valence-electron chi connectivity index (χ4n) is 3.47. The van der Waals surface area contributed by atoms with Crippen LogP contribution in [0.15, 0.2) is 35.0 Å². The van der Waals surface area contributed by atoms with E-state index in [1.807, 2.05) is 6.92 Å². The first kappa shape index (κ1) is 18.9. The highest BCUT2D eigenvalue weighted by Gasteiger charge is 2.40. The van der Waals surface area contributed by atoms with Gasteiger partial charge in [-0.15, -0.1) is 0 Å². The number of rotatable bonds is 6. The molecule has 1 unspecified atom stereocenters. The van der Waals surface area contributed by atoms with Gasteiger partial charge in [0.25, 0.3) is 5.91 Å². The lowest BCUT2D eigenvalue weighted by Gasteiger charge is -2.13. The number of nitrogens with zero attached hydrogens (tertiary/aromatic N) is 3. The third-order valence-electron chi connectivity index (χ3n) is 5.12. The molecule has 8 nitrogen and oxygen atoms in total. The van der Waals surface area contributed by atoms with Gasteiger partial charge in [-0.25, -0.2) is 14.1 Å². The van der Waals surface area contributed by atoms with Crippen molar-refractivity contribution in [1.82, 2.24) is 20.7 Å². The monoisotopic (exact) mass is 397 g/mol. The van der Waals surface area contributed by atoms with Crippen LogP contribution in [0.5, 0.6) is 0 Å². The minimum atomic E-state index is -0.644. The standard InChI is InChI=1S/C20H20FN5O3/c1-11-15(12(2)29-25-11)9-17-18(10-22-24-17)26-19(27)16(23-20(26)28)8-5-13-3-6-14(21)7-4-13/h3-4,6-7,10,16H,5,8-9H2,1-2H3,(H,22,24)(H,23,28). The first-order valence-electron chi connectivity index (χ1n) is 9.27. The fraction of sp³-hybridized carbons (Fsp3) is 0.300. The van der Waals surface area contributed by atoms with Crippen LogP contribution in [0.25, 0.3) is 0 Å². The second kappa shape index (κ2) is 7.50. The smallest absolute Gasteiger partial charge is 0.329 e. The molecule has 3 heterocycles. The van der Waals surface area contributed by atoms with Crippen LogP contribution in [0, 0.1) is 19.7 Å². The Morgan fingerprint density at radius 1 is 1.21 bits per heavy atom. The van der Waals surface area contributed by atoms with Crippen LogP contribution in [0.1, 0.15) is 34.7 Å². The molecule has 9 heteroatoms. The predicted octanol–water partition coefficient (Wildman–Crippen LogP) is 2.80. The number of benzene rings is 1. The molecule has 29 heavy (non-hydrogen) atoms. The molecule has 0 aliphatic carbocycles. The maximum atomic E-state index is 13.0. The van der Waals surface area contributed by atoms with Crippen LogP contribution in [0.3, 0.4) is 0 Å². The van der Waals surface area contributed by atoms with Gasteiger partial charge in [-0.1, -0.05) is 17.3 Å². The number of aryl methyl sites for hydroxylation is 3. The summed E-state index contributed by atoms with van der Waals surface area (Å²) in [6.07, 6.45) is 2.89. The molecule has 150 valence electrons. The van der Waals surface area contributed by atoms with Crippen LogP contribution < -0.4 is 10.2 Å². The number of aromatic amines is 1. The second-order valence-corrected chi connectivity index (χ2v) is 7.04. The van der Waals surface area contributed by atoms with Crippen molar-refractivity contribution in [3.8, 4) is 0 Å². The van der Waals surface area contributed by atoms with Gasteiger partial charge in [0, 0.05) is 18.2 Å². The average molecular weight is 397 g/mol. The number of anilines is 1. The minimum absolute atomic E-state index is 0.309. The number of aromatic nitrogens is 3. The van der Waals surface area contributed by atoms with E-state index in [1.54, 1.807) is 19.1 Å². The summed E-state index contributed by atoms with van der Waals surface area (Å²) in [4.78, 5) is 26.5. The van der Waals surface area contributed by atoms with Crippen LogP contribution >= 0.6 is 0 Å². The maximum absolute atomic E-state index is 13.0. The van der Waals surface area contributed by atoms with Crippen molar-refractivity contribution in [3.63, 3.8) is 0 Å². The average Bonchev–Trinajstić information content (AvgIpc) is 3.35. The predicted molar refractivity (Wildman–Crippen MR) is 102 cm³/mol. The van der Waals surface area contributed by atoms with Gasteiger partial charge >= 0.3 is 6.03 Å². The Morgan fingerprint density at radius 2 is 1.97 bits per heavy atom. The lowest BCUT2D eigenvalue weighted by Crippen LogP contribution is -2.32. The molecule has 0 radical (unpaired) electrons. The fourth-order valence-corrected chi connectivity index (χ4v) is 3.47. The third kappa shape index (κ3) is 3.63. The molecule has 1 atom stereocenters. The lowest BCUT2D eigenvalue weighted by molar-refractivity contribution is -0.118. The molecule has 1 fully saturated rings. The summed E-state index contributed by atoms with van der Waals surface area (Å²) in [6, 6.07) is 4.97. The van der Waals surface area contributed by atoms with Crippen molar-refractivity contribution < 1.29 is 18.5 Å². The van der Waals surface area contributed by atoms with Crippen LogP contribution in [-0.4, -0.2) is 33.3 Å². The summed E-state index contributed by atoms with van der Waals surface area (Å²) in [5, 5.41) is 13.6. The van der Waals surface area contributed by atoms with Crippen molar-refractivity contribution >= 4 is 17.6 Å². The molecule has 0 spiro atoms. The van der Waals surface area contributed by atoms with Crippen molar-refractivity contribution in [3.05, 3.63) is 64.6 Å². The molecule has 1 aliphatic rings. The van der Waals surface area contributed by atoms with E-state index in [2.05, 4.69) is 20.7 Å². The molecule has 3 amide bonds. The lowest BCUT2D eigenvalue weighted by atomic mass is 10.0. The first-order valence-corrected chi connectivity index (χ1v) is 9.27. The van der Waals surface area contributed by atoms with Crippen molar-refractivity contribution in [1.29, 1.82) is 0 Å². The number of hydrogen-bond donors (Lipinski definition) is 2. The van der Waals surface area contributed by atoms with Gasteiger partial charge in [-0.2, -0.15) is 5.10 Å². The van der Waals surface area contributed by atoms with E-state index >= 15 is 0 Å². The maximum Gasteiger partial charge on any atom is 0.329 e. The molecule has 1 aromatic carbocycles.